The lowest BCUT2D eigenvalue weighted by atomic mass is 9.87. The van der Waals surface area contributed by atoms with Gasteiger partial charge in [-0.3, -0.25) is 9.97 Å². The highest BCUT2D eigenvalue weighted by molar-refractivity contribution is 5.67. The largest absolute Gasteiger partial charge is 0.445 e. The summed E-state index contributed by atoms with van der Waals surface area (Å²) in [4.78, 5) is 20.3. The maximum Gasteiger partial charge on any atom is 0.407 e. The molecule has 0 atom stereocenters. The van der Waals surface area contributed by atoms with Crippen LogP contribution in [0.1, 0.15) is 29.8 Å². The summed E-state index contributed by atoms with van der Waals surface area (Å²) in [6.45, 7) is 2.92. The number of aryl methyl sites for hydroxylation is 1. The van der Waals surface area contributed by atoms with E-state index in [0.717, 1.165) is 29.8 Å². The molecule has 1 aromatic heterocycles. The van der Waals surface area contributed by atoms with Crippen molar-refractivity contribution in [3.63, 3.8) is 0 Å². The third-order valence-electron chi connectivity index (χ3n) is 4.08. The number of carbonyl (C=O) groups excluding carboxylic acids is 1. The van der Waals surface area contributed by atoms with Gasteiger partial charge in [0.25, 0.3) is 0 Å². The van der Waals surface area contributed by atoms with Crippen molar-refractivity contribution in [1.29, 1.82) is 0 Å². The molecule has 2 N–H and O–H groups in total. The van der Waals surface area contributed by atoms with E-state index in [2.05, 4.69) is 20.6 Å². The molecule has 0 aliphatic heterocycles. The Bertz CT molecular complexity index is 654. The van der Waals surface area contributed by atoms with Gasteiger partial charge in [-0.05, 0) is 25.3 Å². The maximum atomic E-state index is 11.8. The van der Waals surface area contributed by atoms with E-state index in [-0.39, 0.29) is 12.1 Å². The van der Waals surface area contributed by atoms with Crippen LogP contribution in [0.3, 0.4) is 0 Å². The molecule has 126 valence electrons. The van der Waals surface area contributed by atoms with Crippen molar-refractivity contribution in [2.24, 2.45) is 0 Å². The first-order valence-corrected chi connectivity index (χ1v) is 8.17. The van der Waals surface area contributed by atoms with Gasteiger partial charge in [0.05, 0.1) is 11.4 Å². The number of aromatic nitrogens is 2. The van der Waals surface area contributed by atoms with Crippen LogP contribution in [0.15, 0.2) is 42.7 Å². The van der Waals surface area contributed by atoms with Crippen molar-refractivity contribution in [2.45, 2.75) is 45.0 Å². The van der Waals surface area contributed by atoms with E-state index in [1.54, 1.807) is 12.4 Å². The summed E-state index contributed by atoms with van der Waals surface area (Å²) >= 11 is 0. The van der Waals surface area contributed by atoms with Crippen LogP contribution in [0.2, 0.25) is 0 Å². The van der Waals surface area contributed by atoms with Gasteiger partial charge in [0.15, 0.2) is 0 Å². The van der Waals surface area contributed by atoms with Gasteiger partial charge in [-0.2, -0.15) is 0 Å². The molecule has 24 heavy (non-hydrogen) atoms. The highest BCUT2D eigenvalue weighted by Gasteiger charge is 2.30. The van der Waals surface area contributed by atoms with Crippen molar-refractivity contribution in [3.05, 3.63) is 59.7 Å². The highest BCUT2D eigenvalue weighted by Crippen LogP contribution is 2.20. The van der Waals surface area contributed by atoms with Crippen molar-refractivity contribution in [3.8, 4) is 0 Å². The number of nitrogens with one attached hydrogen (secondary N) is 2. The van der Waals surface area contributed by atoms with E-state index < -0.39 is 0 Å². The zero-order chi connectivity index (χ0) is 16.8. The summed E-state index contributed by atoms with van der Waals surface area (Å²) in [7, 11) is 0. The van der Waals surface area contributed by atoms with E-state index in [4.69, 9.17) is 4.74 Å². The molecule has 1 saturated carbocycles. The summed E-state index contributed by atoms with van der Waals surface area (Å²) in [6.07, 6.45) is 5.01. The summed E-state index contributed by atoms with van der Waals surface area (Å²) in [5.74, 6) is 0. The lowest BCUT2D eigenvalue weighted by Crippen LogP contribution is -2.52. The molecule has 1 heterocycles. The number of nitrogens with zero attached hydrogens (tertiary/aromatic N) is 2. The van der Waals surface area contributed by atoms with Crippen LogP contribution in [0.4, 0.5) is 4.79 Å². The zero-order valence-electron chi connectivity index (χ0n) is 13.7. The molecule has 0 unspecified atom stereocenters. The fourth-order valence-corrected chi connectivity index (χ4v) is 2.59. The molecule has 1 aromatic carbocycles. The van der Waals surface area contributed by atoms with E-state index in [1.807, 2.05) is 37.3 Å². The number of alkyl carbamates (subject to hydrolysis) is 1. The number of rotatable bonds is 6. The topological polar surface area (TPSA) is 76.1 Å². The molecule has 1 aliphatic rings. The summed E-state index contributed by atoms with van der Waals surface area (Å²) in [5.41, 5.74) is 2.83. The average Bonchev–Trinajstić information content (AvgIpc) is 2.57. The Morgan fingerprint density at radius 1 is 1.17 bits per heavy atom. The summed E-state index contributed by atoms with van der Waals surface area (Å²) in [6, 6.07) is 10.2. The predicted molar refractivity (Wildman–Crippen MR) is 90.2 cm³/mol. The van der Waals surface area contributed by atoms with E-state index >= 15 is 0 Å². The van der Waals surface area contributed by atoms with E-state index in [1.165, 1.54) is 0 Å². The van der Waals surface area contributed by atoms with Gasteiger partial charge in [0, 0.05) is 31.0 Å². The number of amides is 1. The molecular weight excluding hydrogens is 304 g/mol. The molecule has 1 fully saturated rings. The second kappa shape index (κ2) is 7.88. The van der Waals surface area contributed by atoms with Crippen molar-refractivity contribution in [2.75, 3.05) is 0 Å². The first kappa shape index (κ1) is 16.4. The Morgan fingerprint density at radius 2 is 1.96 bits per heavy atom. The van der Waals surface area contributed by atoms with E-state index in [0.29, 0.717) is 19.2 Å². The van der Waals surface area contributed by atoms with Gasteiger partial charge in [0.2, 0.25) is 0 Å². The van der Waals surface area contributed by atoms with Crippen LogP contribution in [-0.2, 0) is 17.9 Å². The zero-order valence-corrected chi connectivity index (χ0v) is 13.7. The third kappa shape index (κ3) is 4.76. The molecule has 2 aromatic rings. The first-order valence-electron chi connectivity index (χ1n) is 8.17. The van der Waals surface area contributed by atoms with Crippen molar-refractivity contribution < 1.29 is 9.53 Å². The molecule has 0 saturated heterocycles. The van der Waals surface area contributed by atoms with Crippen LogP contribution >= 0.6 is 0 Å². The second-order valence-electron chi connectivity index (χ2n) is 6.10. The third-order valence-corrected chi connectivity index (χ3v) is 4.08. The van der Waals surface area contributed by atoms with Gasteiger partial charge < -0.3 is 15.4 Å². The van der Waals surface area contributed by atoms with Crippen LogP contribution in [0.25, 0.3) is 0 Å². The minimum Gasteiger partial charge on any atom is -0.445 e. The molecule has 1 aliphatic carbocycles. The minimum atomic E-state index is -0.355. The summed E-state index contributed by atoms with van der Waals surface area (Å²) < 4.78 is 5.22. The molecule has 1 amide bonds. The second-order valence-corrected chi connectivity index (χ2v) is 6.10. The molecule has 3 rings (SSSR count). The number of benzene rings is 1. The van der Waals surface area contributed by atoms with Gasteiger partial charge in [-0.25, -0.2) is 4.79 Å². The van der Waals surface area contributed by atoms with Crippen molar-refractivity contribution in [1.82, 2.24) is 20.6 Å². The van der Waals surface area contributed by atoms with Crippen molar-refractivity contribution >= 4 is 6.09 Å². The fourth-order valence-electron chi connectivity index (χ4n) is 2.59. The van der Waals surface area contributed by atoms with Crippen LogP contribution in [0, 0.1) is 6.92 Å². The van der Waals surface area contributed by atoms with Gasteiger partial charge >= 0.3 is 6.09 Å². The Morgan fingerprint density at radius 3 is 2.67 bits per heavy atom. The highest BCUT2D eigenvalue weighted by atomic mass is 16.5. The minimum absolute atomic E-state index is 0.176. The Hall–Kier alpha value is -2.47. The van der Waals surface area contributed by atoms with Gasteiger partial charge in [0.1, 0.15) is 6.61 Å². The SMILES string of the molecule is Cc1cnc(CNC2CC(NC(=O)OCc3ccccc3)C2)cn1. The lowest BCUT2D eigenvalue weighted by molar-refractivity contribution is 0.125. The van der Waals surface area contributed by atoms with Crippen LogP contribution in [-0.4, -0.2) is 28.1 Å². The van der Waals surface area contributed by atoms with Gasteiger partial charge in [-0.15, -0.1) is 0 Å². The number of hydrogen-bond acceptors (Lipinski definition) is 5. The quantitative estimate of drug-likeness (QED) is 0.852. The molecule has 0 bridgehead atoms. The average molecular weight is 326 g/mol. The molecular formula is C18H22N4O2. The Kier molecular flexibility index (Phi) is 5.38. The normalized spacial score (nSPS) is 19.4. The first-order chi connectivity index (χ1) is 11.7. The predicted octanol–water partition coefficient (Wildman–Crippen LogP) is 2.33. The maximum absolute atomic E-state index is 11.8. The molecule has 0 spiro atoms. The molecule has 6 nitrogen and oxygen atoms in total. The molecule has 6 heteroatoms. The van der Waals surface area contributed by atoms with Crippen LogP contribution < -0.4 is 10.6 Å². The smallest absolute Gasteiger partial charge is 0.407 e. The summed E-state index contributed by atoms with van der Waals surface area (Å²) in [5, 5.41) is 6.31. The Balaban J connectivity index is 1.30. The standard InChI is InChI=1S/C18H22N4O2/c1-13-9-20-17(10-19-13)11-21-15-7-16(8-15)22-18(23)24-12-14-5-3-2-4-6-14/h2-6,9-10,15-16,21H,7-8,11-12H2,1H3,(H,22,23). The Labute approximate surface area is 141 Å². The number of ether oxygens (including phenoxy) is 1. The van der Waals surface area contributed by atoms with Crippen LogP contribution in [0.5, 0.6) is 0 Å². The lowest BCUT2D eigenvalue weighted by Gasteiger charge is -2.36. The van der Waals surface area contributed by atoms with E-state index in [9.17, 15) is 4.79 Å². The monoisotopic (exact) mass is 326 g/mol. The number of hydrogen-bond donors (Lipinski definition) is 2. The molecule has 0 radical (unpaired) electrons. The fraction of sp³-hybridized carbons (Fsp3) is 0.389. The van der Waals surface area contributed by atoms with Gasteiger partial charge in [-0.1, -0.05) is 30.3 Å². The number of carbonyl (C=O) groups is 1.